The van der Waals surface area contributed by atoms with E-state index < -0.39 is 17.8 Å². The third-order valence-electron chi connectivity index (χ3n) is 7.10. The number of carbonyl (C=O) groups is 3. The van der Waals surface area contributed by atoms with Crippen LogP contribution in [0.15, 0.2) is 54.7 Å². The number of urea groups is 1. The lowest BCUT2D eigenvalue weighted by Gasteiger charge is -2.36. The molecule has 4 amide bonds. The number of carbonyl (C=O) groups excluding carboxylic acids is 3. The van der Waals surface area contributed by atoms with Crippen molar-refractivity contribution >= 4 is 29.4 Å². The zero-order valence-corrected chi connectivity index (χ0v) is 22.2. The molecule has 0 N–H and O–H groups in total. The van der Waals surface area contributed by atoms with Crippen molar-refractivity contribution in [2.24, 2.45) is 0 Å². The van der Waals surface area contributed by atoms with Crippen LogP contribution in [0.1, 0.15) is 27.0 Å². The van der Waals surface area contributed by atoms with Gasteiger partial charge in [0.05, 0.1) is 19.2 Å². The Hall–Kier alpha value is -4.47. The van der Waals surface area contributed by atoms with Crippen LogP contribution in [-0.4, -0.2) is 72.5 Å². The first-order valence-electron chi connectivity index (χ1n) is 12.8. The number of hydrogen-bond acceptors (Lipinski definition) is 6. The lowest BCUT2D eigenvalue weighted by atomic mass is 10.1. The summed E-state index contributed by atoms with van der Waals surface area (Å²) in [6.45, 7) is 5.98. The maximum Gasteiger partial charge on any atom is 0.332 e. The molecule has 0 spiro atoms. The minimum absolute atomic E-state index is 0.0649. The van der Waals surface area contributed by atoms with Gasteiger partial charge in [-0.05, 0) is 60.9 Å². The Bertz CT molecular complexity index is 1420. The fourth-order valence-corrected chi connectivity index (χ4v) is 4.99. The molecular weight excluding hydrogens is 501 g/mol. The van der Waals surface area contributed by atoms with Gasteiger partial charge in [-0.1, -0.05) is 18.2 Å². The number of rotatable bonds is 6. The highest BCUT2D eigenvalue weighted by Crippen LogP contribution is 2.26. The van der Waals surface area contributed by atoms with Crippen molar-refractivity contribution in [1.29, 1.82) is 0 Å². The number of anilines is 2. The first-order valence-corrected chi connectivity index (χ1v) is 12.8. The second-order valence-electron chi connectivity index (χ2n) is 9.79. The van der Waals surface area contributed by atoms with E-state index in [1.165, 1.54) is 17.0 Å². The minimum Gasteiger partial charge on any atom is -0.497 e. The molecule has 0 bridgehead atoms. The van der Waals surface area contributed by atoms with Gasteiger partial charge in [0.25, 0.3) is 11.8 Å². The number of imide groups is 1. The molecule has 39 heavy (non-hydrogen) atoms. The predicted octanol–water partition coefficient (Wildman–Crippen LogP) is 3.78. The largest absolute Gasteiger partial charge is 0.497 e. The summed E-state index contributed by atoms with van der Waals surface area (Å²) in [6, 6.07) is 12.6. The zero-order chi connectivity index (χ0) is 27.7. The normalized spacial score (nSPS) is 15.8. The van der Waals surface area contributed by atoms with E-state index in [1.807, 2.05) is 20.0 Å². The third kappa shape index (κ3) is 5.27. The average Bonchev–Trinajstić information content (AvgIpc) is 3.21. The van der Waals surface area contributed by atoms with Gasteiger partial charge in [0.1, 0.15) is 23.9 Å². The first-order chi connectivity index (χ1) is 18.7. The summed E-state index contributed by atoms with van der Waals surface area (Å²) < 4.78 is 20.3. The minimum atomic E-state index is -0.732. The molecule has 0 saturated carbocycles. The summed E-state index contributed by atoms with van der Waals surface area (Å²) in [7, 11) is 1.56. The van der Waals surface area contributed by atoms with Crippen LogP contribution in [0.2, 0.25) is 0 Å². The third-order valence-corrected chi connectivity index (χ3v) is 7.10. The van der Waals surface area contributed by atoms with Gasteiger partial charge in [-0.3, -0.25) is 19.4 Å². The van der Waals surface area contributed by atoms with Gasteiger partial charge >= 0.3 is 6.03 Å². The molecular formula is C29H30FN5O4. The van der Waals surface area contributed by atoms with E-state index in [0.717, 1.165) is 33.5 Å². The number of nitrogens with zero attached hydrogens (tertiary/aromatic N) is 5. The van der Waals surface area contributed by atoms with Gasteiger partial charge in [-0.2, -0.15) is 0 Å². The van der Waals surface area contributed by atoms with Crippen molar-refractivity contribution in [3.05, 3.63) is 82.8 Å². The van der Waals surface area contributed by atoms with Gasteiger partial charge in [0.15, 0.2) is 0 Å². The number of ether oxygens (including phenoxy) is 1. The lowest BCUT2D eigenvalue weighted by molar-refractivity contribution is -0.125. The monoisotopic (exact) mass is 531 g/mol. The van der Waals surface area contributed by atoms with Gasteiger partial charge in [0.2, 0.25) is 0 Å². The molecule has 3 heterocycles. The Balaban J connectivity index is 1.24. The number of methoxy groups -OCH3 is 1. The summed E-state index contributed by atoms with van der Waals surface area (Å²) in [6.07, 6.45) is 1.83. The molecule has 2 saturated heterocycles. The van der Waals surface area contributed by atoms with Crippen molar-refractivity contribution in [2.45, 2.75) is 20.4 Å². The summed E-state index contributed by atoms with van der Waals surface area (Å²) in [4.78, 5) is 49.4. The Morgan fingerprint density at radius 3 is 2.36 bits per heavy atom. The Labute approximate surface area is 226 Å². The van der Waals surface area contributed by atoms with Gasteiger partial charge in [-0.15, -0.1) is 0 Å². The zero-order valence-electron chi connectivity index (χ0n) is 22.2. The first kappa shape index (κ1) is 26.1. The summed E-state index contributed by atoms with van der Waals surface area (Å²) in [5.74, 6) is 0.0496. The van der Waals surface area contributed by atoms with Crippen LogP contribution in [0.3, 0.4) is 0 Å². The van der Waals surface area contributed by atoms with Crippen LogP contribution in [0.4, 0.5) is 20.7 Å². The standard InChI is InChI=1S/C29H30FN5O4/c1-19-14-20(2)27(31-16-19)32-10-12-33(13-11-32)28(37)24-9-6-22(15-25(24)30)34-18-26(36)35(29(34)38)17-21-4-7-23(39-3)8-5-21/h4-9,14-16H,10-13,17-18H2,1-3H3. The van der Waals surface area contributed by atoms with E-state index in [9.17, 15) is 14.4 Å². The molecule has 10 heteroatoms. The lowest BCUT2D eigenvalue weighted by Crippen LogP contribution is -2.49. The average molecular weight is 532 g/mol. The number of amides is 4. The van der Waals surface area contributed by atoms with Crippen molar-refractivity contribution < 1.29 is 23.5 Å². The molecule has 2 aliphatic rings. The second-order valence-corrected chi connectivity index (χ2v) is 9.79. The van der Waals surface area contributed by atoms with Crippen LogP contribution < -0.4 is 14.5 Å². The number of aryl methyl sites for hydroxylation is 2. The SMILES string of the molecule is COc1ccc(CN2C(=O)CN(c3ccc(C(=O)N4CCN(c5ncc(C)cc5C)CC4)c(F)c3)C2=O)cc1. The van der Waals surface area contributed by atoms with Crippen molar-refractivity contribution in [3.8, 4) is 5.75 Å². The highest BCUT2D eigenvalue weighted by molar-refractivity contribution is 6.12. The fraction of sp³-hybridized carbons (Fsp3) is 0.310. The van der Waals surface area contributed by atoms with Gasteiger partial charge in [-0.25, -0.2) is 14.2 Å². The molecule has 3 aromatic rings. The molecule has 0 aliphatic carbocycles. The fourth-order valence-electron chi connectivity index (χ4n) is 4.99. The highest BCUT2D eigenvalue weighted by Gasteiger charge is 2.37. The molecule has 9 nitrogen and oxygen atoms in total. The van der Waals surface area contributed by atoms with E-state index in [4.69, 9.17) is 4.74 Å². The smallest absolute Gasteiger partial charge is 0.332 e. The number of halogens is 1. The molecule has 2 fully saturated rings. The van der Waals surface area contributed by atoms with Crippen LogP contribution in [-0.2, 0) is 11.3 Å². The molecule has 2 aliphatic heterocycles. The molecule has 0 atom stereocenters. The Morgan fingerprint density at radius 2 is 1.72 bits per heavy atom. The molecule has 0 unspecified atom stereocenters. The summed E-state index contributed by atoms with van der Waals surface area (Å²) >= 11 is 0. The Kier molecular flexibility index (Phi) is 7.19. The number of piperazine rings is 1. The summed E-state index contributed by atoms with van der Waals surface area (Å²) in [5.41, 5.74) is 3.10. The number of benzene rings is 2. The number of pyridine rings is 1. The van der Waals surface area contributed by atoms with E-state index in [2.05, 4.69) is 16.0 Å². The number of aromatic nitrogens is 1. The van der Waals surface area contributed by atoms with Gasteiger partial charge in [0, 0.05) is 38.1 Å². The quantitative estimate of drug-likeness (QED) is 0.450. The van der Waals surface area contributed by atoms with Crippen LogP contribution in [0, 0.1) is 19.7 Å². The maximum atomic E-state index is 15.2. The van der Waals surface area contributed by atoms with E-state index in [0.29, 0.717) is 31.9 Å². The predicted molar refractivity (Wildman–Crippen MR) is 145 cm³/mol. The van der Waals surface area contributed by atoms with Crippen LogP contribution in [0.5, 0.6) is 5.75 Å². The molecule has 202 valence electrons. The van der Waals surface area contributed by atoms with E-state index in [-0.39, 0.29) is 30.2 Å². The molecule has 1 aromatic heterocycles. The van der Waals surface area contributed by atoms with Crippen LogP contribution >= 0.6 is 0 Å². The Morgan fingerprint density at radius 1 is 1.00 bits per heavy atom. The van der Waals surface area contributed by atoms with Gasteiger partial charge < -0.3 is 14.5 Å². The molecule has 5 rings (SSSR count). The molecule has 0 radical (unpaired) electrons. The van der Waals surface area contributed by atoms with Crippen molar-refractivity contribution in [3.63, 3.8) is 0 Å². The van der Waals surface area contributed by atoms with Crippen molar-refractivity contribution in [2.75, 3.05) is 49.6 Å². The van der Waals surface area contributed by atoms with Crippen molar-refractivity contribution in [1.82, 2.24) is 14.8 Å². The maximum absolute atomic E-state index is 15.2. The topological polar surface area (TPSA) is 86.3 Å². The summed E-state index contributed by atoms with van der Waals surface area (Å²) in [5, 5.41) is 0. The highest BCUT2D eigenvalue weighted by atomic mass is 19.1. The van der Waals surface area contributed by atoms with Crippen LogP contribution in [0.25, 0.3) is 0 Å². The molecule has 2 aromatic carbocycles. The second kappa shape index (κ2) is 10.7. The number of hydrogen-bond donors (Lipinski definition) is 0. The van der Waals surface area contributed by atoms with E-state index in [1.54, 1.807) is 36.3 Å². The van der Waals surface area contributed by atoms with E-state index >= 15 is 4.39 Å².